The molecule has 1 amide bonds. The highest BCUT2D eigenvalue weighted by Crippen LogP contribution is 2.24. The van der Waals surface area contributed by atoms with Crippen molar-refractivity contribution >= 4 is 23.5 Å². The van der Waals surface area contributed by atoms with Crippen molar-refractivity contribution in [2.75, 3.05) is 5.32 Å². The lowest BCUT2D eigenvalue weighted by molar-refractivity contribution is -0.306. The van der Waals surface area contributed by atoms with Crippen molar-refractivity contribution < 1.29 is 24.6 Å². The number of carbonyl (C=O) groups excluding carboxylic acids is 3. The second-order valence-corrected chi connectivity index (χ2v) is 5.27. The number of carboxylic acid groups (broad SMARTS) is 2. The van der Waals surface area contributed by atoms with Crippen LogP contribution in [0.1, 0.15) is 34.7 Å². The summed E-state index contributed by atoms with van der Waals surface area (Å²) in [4.78, 5) is 34.2. The van der Waals surface area contributed by atoms with Crippen LogP contribution in [0.15, 0.2) is 54.6 Å². The topological polar surface area (TPSA) is 109 Å². The molecule has 0 saturated heterocycles. The number of anilines is 1. The number of aliphatic carboxylic acids is 1. The zero-order chi connectivity index (χ0) is 17.5. The van der Waals surface area contributed by atoms with E-state index in [0.29, 0.717) is 5.56 Å². The highest BCUT2D eigenvalue weighted by atomic mass is 16.4. The van der Waals surface area contributed by atoms with Crippen LogP contribution in [0.2, 0.25) is 0 Å². The lowest BCUT2D eigenvalue weighted by Gasteiger charge is -2.18. The molecule has 2 rings (SSSR count). The van der Waals surface area contributed by atoms with Gasteiger partial charge in [0.05, 0.1) is 5.97 Å². The summed E-state index contributed by atoms with van der Waals surface area (Å²) >= 11 is 0. The Morgan fingerprint density at radius 1 is 0.875 bits per heavy atom. The Kier molecular flexibility index (Phi) is 5.68. The molecular weight excluding hydrogens is 310 g/mol. The molecule has 0 unspecified atom stereocenters. The number of carbonyl (C=O) groups is 3. The van der Waals surface area contributed by atoms with Gasteiger partial charge in [-0.2, -0.15) is 0 Å². The molecule has 0 aromatic heterocycles. The normalized spacial score (nSPS) is 11.5. The van der Waals surface area contributed by atoms with Gasteiger partial charge in [-0.05, 0) is 24.0 Å². The molecule has 0 aliphatic rings. The summed E-state index contributed by atoms with van der Waals surface area (Å²) < 4.78 is 0. The summed E-state index contributed by atoms with van der Waals surface area (Å²) in [6.45, 7) is 0. The molecule has 0 aliphatic heterocycles. The summed E-state index contributed by atoms with van der Waals surface area (Å²) in [5.41, 5.74) is 0.676. The van der Waals surface area contributed by atoms with Crippen molar-refractivity contribution in [3.05, 3.63) is 65.7 Å². The highest BCUT2D eigenvalue weighted by molar-refractivity contribution is 6.00. The Bertz CT molecular complexity index is 742. The third kappa shape index (κ3) is 4.67. The van der Waals surface area contributed by atoms with Crippen LogP contribution >= 0.6 is 0 Å². The first kappa shape index (κ1) is 17.2. The number of nitrogens with one attached hydrogen (secondary N) is 1. The fourth-order valence-corrected chi connectivity index (χ4v) is 2.43. The van der Waals surface area contributed by atoms with E-state index in [1.54, 1.807) is 36.4 Å². The van der Waals surface area contributed by atoms with Crippen LogP contribution in [0.5, 0.6) is 0 Å². The first-order valence-electron chi connectivity index (χ1n) is 7.32. The SMILES string of the molecule is O=C([O-])C[C@@H](CC(=O)Nc1ccccc1C(=O)[O-])c1ccccc1. The molecule has 2 aromatic carbocycles. The summed E-state index contributed by atoms with van der Waals surface area (Å²) in [5.74, 6) is -3.71. The maximum Gasteiger partial charge on any atom is 0.225 e. The van der Waals surface area contributed by atoms with E-state index in [4.69, 9.17) is 0 Å². The van der Waals surface area contributed by atoms with Crippen molar-refractivity contribution in [1.82, 2.24) is 0 Å². The van der Waals surface area contributed by atoms with Gasteiger partial charge in [-0.15, -0.1) is 0 Å². The molecule has 0 radical (unpaired) electrons. The third-order valence-electron chi connectivity index (χ3n) is 3.54. The maximum atomic E-state index is 12.2. The van der Waals surface area contributed by atoms with E-state index in [1.165, 1.54) is 18.2 Å². The average Bonchev–Trinajstić information content (AvgIpc) is 2.55. The maximum absolute atomic E-state index is 12.2. The Morgan fingerprint density at radius 3 is 2.12 bits per heavy atom. The van der Waals surface area contributed by atoms with Gasteiger partial charge < -0.3 is 25.1 Å². The first-order valence-corrected chi connectivity index (χ1v) is 7.32. The summed E-state index contributed by atoms with van der Waals surface area (Å²) in [5, 5.41) is 24.5. The van der Waals surface area contributed by atoms with Crippen LogP contribution in [0.4, 0.5) is 5.69 Å². The van der Waals surface area contributed by atoms with Crippen LogP contribution in [-0.4, -0.2) is 17.8 Å². The molecule has 0 bridgehead atoms. The van der Waals surface area contributed by atoms with Crippen LogP contribution < -0.4 is 15.5 Å². The van der Waals surface area contributed by atoms with E-state index in [0.717, 1.165) is 0 Å². The van der Waals surface area contributed by atoms with Crippen molar-refractivity contribution in [3.8, 4) is 0 Å². The molecular formula is C18H15NO5-2. The number of aromatic carboxylic acids is 1. The van der Waals surface area contributed by atoms with E-state index < -0.39 is 23.8 Å². The van der Waals surface area contributed by atoms with Gasteiger partial charge in [-0.1, -0.05) is 48.5 Å². The zero-order valence-electron chi connectivity index (χ0n) is 12.7. The van der Waals surface area contributed by atoms with Gasteiger partial charge in [0.25, 0.3) is 0 Å². The van der Waals surface area contributed by atoms with Crippen molar-refractivity contribution in [2.45, 2.75) is 18.8 Å². The Labute approximate surface area is 138 Å². The molecule has 6 nitrogen and oxygen atoms in total. The molecule has 124 valence electrons. The molecule has 0 fully saturated rings. The average molecular weight is 325 g/mol. The van der Waals surface area contributed by atoms with Gasteiger partial charge in [0.15, 0.2) is 0 Å². The predicted molar refractivity (Wildman–Crippen MR) is 82.8 cm³/mol. The Balaban J connectivity index is 2.14. The second-order valence-electron chi connectivity index (χ2n) is 5.27. The van der Waals surface area contributed by atoms with E-state index in [-0.39, 0.29) is 24.1 Å². The minimum absolute atomic E-state index is 0.112. The van der Waals surface area contributed by atoms with Crippen LogP contribution in [0, 0.1) is 0 Å². The molecule has 0 saturated carbocycles. The van der Waals surface area contributed by atoms with Crippen molar-refractivity contribution in [3.63, 3.8) is 0 Å². The molecule has 0 spiro atoms. The number of hydrogen-bond acceptors (Lipinski definition) is 5. The smallest absolute Gasteiger partial charge is 0.225 e. The predicted octanol–water partition coefficient (Wildman–Crippen LogP) is 0.302. The number of carboxylic acids is 2. The van der Waals surface area contributed by atoms with Crippen LogP contribution in [-0.2, 0) is 9.59 Å². The molecule has 6 heteroatoms. The molecule has 0 heterocycles. The summed E-state index contributed by atoms with van der Waals surface area (Å²) in [6.07, 6.45) is -0.418. The van der Waals surface area contributed by atoms with Gasteiger partial charge in [-0.25, -0.2) is 0 Å². The van der Waals surface area contributed by atoms with Gasteiger partial charge in [-0.3, -0.25) is 4.79 Å². The van der Waals surface area contributed by atoms with Crippen molar-refractivity contribution in [1.29, 1.82) is 0 Å². The third-order valence-corrected chi connectivity index (χ3v) is 3.54. The van der Waals surface area contributed by atoms with E-state index in [9.17, 15) is 24.6 Å². The molecule has 1 N–H and O–H groups in total. The largest absolute Gasteiger partial charge is 0.550 e. The van der Waals surface area contributed by atoms with Gasteiger partial charge in [0.2, 0.25) is 5.91 Å². The van der Waals surface area contributed by atoms with E-state index in [2.05, 4.69) is 5.32 Å². The van der Waals surface area contributed by atoms with Gasteiger partial charge in [0, 0.05) is 23.6 Å². The lowest BCUT2D eigenvalue weighted by Crippen LogP contribution is -2.27. The molecule has 24 heavy (non-hydrogen) atoms. The fourth-order valence-electron chi connectivity index (χ4n) is 2.43. The monoisotopic (exact) mass is 325 g/mol. The molecule has 0 aliphatic carbocycles. The Hall–Kier alpha value is -3.15. The number of rotatable bonds is 7. The lowest BCUT2D eigenvalue weighted by atomic mass is 9.92. The molecule has 1 atom stereocenters. The number of para-hydroxylation sites is 1. The molecule has 2 aromatic rings. The summed E-state index contributed by atoms with van der Waals surface area (Å²) in [7, 11) is 0. The van der Waals surface area contributed by atoms with Gasteiger partial charge >= 0.3 is 0 Å². The van der Waals surface area contributed by atoms with Gasteiger partial charge in [0.1, 0.15) is 0 Å². The fraction of sp³-hybridized carbons (Fsp3) is 0.167. The van der Waals surface area contributed by atoms with E-state index in [1.807, 2.05) is 0 Å². The number of benzene rings is 2. The first-order chi connectivity index (χ1) is 11.5. The van der Waals surface area contributed by atoms with Crippen LogP contribution in [0.3, 0.4) is 0 Å². The Morgan fingerprint density at radius 2 is 1.50 bits per heavy atom. The number of amides is 1. The quantitative estimate of drug-likeness (QED) is 0.787. The zero-order valence-corrected chi connectivity index (χ0v) is 12.7. The highest BCUT2D eigenvalue weighted by Gasteiger charge is 2.17. The second kappa shape index (κ2) is 7.92. The van der Waals surface area contributed by atoms with Crippen molar-refractivity contribution in [2.24, 2.45) is 0 Å². The van der Waals surface area contributed by atoms with E-state index >= 15 is 0 Å². The minimum atomic E-state index is -1.40. The minimum Gasteiger partial charge on any atom is -0.550 e. The van der Waals surface area contributed by atoms with Crippen LogP contribution in [0.25, 0.3) is 0 Å². The number of hydrogen-bond donors (Lipinski definition) is 1. The summed E-state index contributed by atoms with van der Waals surface area (Å²) in [6, 6.07) is 14.6. The standard InChI is InChI=1S/C18H17NO5/c20-16(19-15-9-5-4-8-14(15)18(23)24)10-13(11-17(21)22)12-6-2-1-3-7-12/h1-9,13H,10-11H2,(H,19,20)(H,21,22)(H,23,24)/p-2/t13-/m1/s1.